The maximum Gasteiger partial charge on any atom is 0.323 e. The number of hydrogen-bond donors (Lipinski definition) is 1. The molecule has 0 saturated heterocycles. The molecular formula is C10H19NO4. The Labute approximate surface area is 90.0 Å². The minimum Gasteiger partial charge on any atom is -0.480 e. The van der Waals surface area contributed by atoms with Crippen LogP contribution in [-0.4, -0.2) is 47.7 Å². The summed E-state index contributed by atoms with van der Waals surface area (Å²) in [4.78, 5) is 23.7. The predicted octanol–water partition coefficient (Wildman–Crippen LogP) is 0.735. The van der Waals surface area contributed by atoms with E-state index in [0.717, 1.165) is 0 Å². The van der Waals surface area contributed by atoms with Crippen molar-refractivity contribution in [1.29, 1.82) is 0 Å². The summed E-state index contributed by atoms with van der Waals surface area (Å²) in [7, 11) is 1.45. The number of hydrogen-bond acceptors (Lipinski definition) is 3. The summed E-state index contributed by atoms with van der Waals surface area (Å²) >= 11 is 0. The molecule has 1 N–H and O–H groups in total. The fraction of sp³-hybridized carbons (Fsp3) is 0.800. The van der Waals surface area contributed by atoms with Crippen LogP contribution in [0.15, 0.2) is 0 Å². The smallest absolute Gasteiger partial charge is 0.323 e. The Kier molecular flexibility index (Phi) is 5.28. The van der Waals surface area contributed by atoms with Crippen molar-refractivity contribution in [3.63, 3.8) is 0 Å². The van der Waals surface area contributed by atoms with Gasteiger partial charge in [-0.1, -0.05) is 6.92 Å². The van der Waals surface area contributed by atoms with E-state index in [9.17, 15) is 9.59 Å². The van der Waals surface area contributed by atoms with Gasteiger partial charge in [0.05, 0.1) is 0 Å². The van der Waals surface area contributed by atoms with Gasteiger partial charge in [-0.15, -0.1) is 0 Å². The molecule has 0 radical (unpaired) electrons. The van der Waals surface area contributed by atoms with Crippen molar-refractivity contribution in [2.45, 2.75) is 32.8 Å². The van der Waals surface area contributed by atoms with E-state index in [1.807, 2.05) is 6.92 Å². The fourth-order valence-electron chi connectivity index (χ4n) is 1.21. The number of ether oxygens (including phenoxy) is 1. The number of likely N-dealkylation sites (N-methyl/N-ethyl adjacent to an activating group) is 1. The van der Waals surface area contributed by atoms with Gasteiger partial charge in [-0.2, -0.15) is 0 Å². The van der Waals surface area contributed by atoms with Crippen LogP contribution in [0.2, 0.25) is 0 Å². The molecule has 5 heteroatoms. The van der Waals surface area contributed by atoms with Gasteiger partial charge in [0.15, 0.2) is 0 Å². The molecule has 0 aliphatic carbocycles. The van der Waals surface area contributed by atoms with Crippen molar-refractivity contribution in [3.8, 4) is 0 Å². The summed E-state index contributed by atoms with van der Waals surface area (Å²) in [6.45, 7) is 5.32. The van der Waals surface area contributed by atoms with Crippen LogP contribution >= 0.6 is 0 Å². The number of methoxy groups -OCH3 is 1. The summed E-state index contributed by atoms with van der Waals surface area (Å²) in [6.07, 6.45) is 0.512. The van der Waals surface area contributed by atoms with Crippen molar-refractivity contribution in [2.24, 2.45) is 0 Å². The van der Waals surface area contributed by atoms with Crippen molar-refractivity contribution in [2.75, 3.05) is 20.2 Å². The zero-order chi connectivity index (χ0) is 12.1. The maximum absolute atomic E-state index is 11.9. The number of carboxylic acid groups (broad SMARTS) is 1. The van der Waals surface area contributed by atoms with E-state index < -0.39 is 11.6 Å². The van der Waals surface area contributed by atoms with E-state index in [2.05, 4.69) is 0 Å². The minimum absolute atomic E-state index is 0.280. The van der Waals surface area contributed by atoms with Crippen molar-refractivity contribution in [1.82, 2.24) is 4.90 Å². The molecule has 88 valence electrons. The summed E-state index contributed by atoms with van der Waals surface area (Å²) in [6, 6.07) is 0. The molecule has 0 saturated carbocycles. The average Bonchev–Trinajstić information content (AvgIpc) is 2.23. The fourth-order valence-corrected chi connectivity index (χ4v) is 1.21. The standard InChI is InChI=1S/C10H19NO4/c1-5-10(3,15-4)9(14)11(6-2)7-8(12)13/h5-7H2,1-4H3,(H,12,13). The molecular weight excluding hydrogens is 198 g/mol. The second-order valence-electron chi connectivity index (χ2n) is 3.50. The van der Waals surface area contributed by atoms with E-state index in [0.29, 0.717) is 13.0 Å². The number of carbonyl (C=O) groups is 2. The molecule has 1 atom stereocenters. The lowest BCUT2D eigenvalue weighted by molar-refractivity contribution is -0.157. The molecule has 0 heterocycles. The summed E-state index contributed by atoms with van der Waals surface area (Å²) in [5.41, 5.74) is -0.925. The highest BCUT2D eigenvalue weighted by molar-refractivity contribution is 5.87. The molecule has 0 fully saturated rings. The topological polar surface area (TPSA) is 66.8 Å². The molecule has 0 bridgehead atoms. The van der Waals surface area contributed by atoms with Gasteiger partial charge >= 0.3 is 5.97 Å². The molecule has 0 aromatic carbocycles. The Morgan fingerprint density at radius 2 is 1.93 bits per heavy atom. The second kappa shape index (κ2) is 5.70. The Bertz CT molecular complexity index is 236. The number of aliphatic carboxylic acids is 1. The monoisotopic (exact) mass is 217 g/mol. The predicted molar refractivity (Wildman–Crippen MR) is 55.6 cm³/mol. The van der Waals surface area contributed by atoms with Gasteiger partial charge in [-0.25, -0.2) is 0 Å². The first kappa shape index (κ1) is 13.9. The zero-order valence-electron chi connectivity index (χ0n) is 9.74. The van der Waals surface area contributed by atoms with E-state index in [1.54, 1.807) is 13.8 Å². The molecule has 1 amide bonds. The van der Waals surface area contributed by atoms with E-state index in [4.69, 9.17) is 9.84 Å². The third kappa shape index (κ3) is 3.51. The van der Waals surface area contributed by atoms with Crippen molar-refractivity contribution < 1.29 is 19.4 Å². The molecule has 5 nitrogen and oxygen atoms in total. The first-order chi connectivity index (χ1) is 6.91. The quantitative estimate of drug-likeness (QED) is 0.712. The molecule has 0 aromatic heterocycles. The second-order valence-corrected chi connectivity index (χ2v) is 3.50. The number of carboxylic acids is 1. The number of amides is 1. The highest BCUT2D eigenvalue weighted by Gasteiger charge is 2.35. The molecule has 0 rings (SSSR count). The molecule has 0 aliphatic rings. The highest BCUT2D eigenvalue weighted by Crippen LogP contribution is 2.17. The van der Waals surface area contributed by atoms with Gasteiger partial charge in [0.25, 0.3) is 5.91 Å². The van der Waals surface area contributed by atoms with Crippen LogP contribution < -0.4 is 0 Å². The third-order valence-electron chi connectivity index (χ3n) is 2.57. The van der Waals surface area contributed by atoms with Crippen molar-refractivity contribution in [3.05, 3.63) is 0 Å². The van der Waals surface area contributed by atoms with Gasteiger partial charge in [-0.3, -0.25) is 9.59 Å². The Hall–Kier alpha value is -1.10. The summed E-state index contributed by atoms with van der Waals surface area (Å²) in [5, 5.41) is 8.64. The molecule has 0 aromatic rings. The van der Waals surface area contributed by atoms with E-state index in [1.165, 1.54) is 12.0 Å². The van der Waals surface area contributed by atoms with Crippen molar-refractivity contribution >= 4 is 11.9 Å². The lowest BCUT2D eigenvalue weighted by Gasteiger charge is -2.31. The van der Waals surface area contributed by atoms with Gasteiger partial charge < -0.3 is 14.7 Å². The molecule has 1 unspecified atom stereocenters. The SMILES string of the molecule is CCN(CC(=O)O)C(=O)C(C)(CC)OC. The number of rotatable bonds is 6. The minimum atomic E-state index is -1.01. The highest BCUT2D eigenvalue weighted by atomic mass is 16.5. The molecule has 0 spiro atoms. The summed E-state index contributed by atoms with van der Waals surface area (Å²) in [5.74, 6) is -1.29. The van der Waals surface area contributed by atoms with Crippen LogP contribution in [0.25, 0.3) is 0 Å². The van der Waals surface area contributed by atoms with Gasteiger partial charge in [0, 0.05) is 13.7 Å². The van der Waals surface area contributed by atoms with Gasteiger partial charge in [0.2, 0.25) is 0 Å². The Balaban J connectivity index is 4.70. The third-order valence-corrected chi connectivity index (χ3v) is 2.57. The molecule has 0 aliphatic heterocycles. The van der Waals surface area contributed by atoms with Crippen LogP contribution in [0.4, 0.5) is 0 Å². The van der Waals surface area contributed by atoms with Crippen LogP contribution in [0.1, 0.15) is 27.2 Å². The Morgan fingerprint density at radius 3 is 2.20 bits per heavy atom. The van der Waals surface area contributed by atoms with Crippen LogP contribution in [0.3, 0.4) is 0 Å². The number of carbonyl (C=O) groups excluding carboxylic acids is 1. The largest absolute Gasteiger partial charge is 0.480 e. The summed E-state index contributed by atoms with van der Waals surface area (Å²) < 4.78 is 5.13. The first-order valence-electron chi connectivity index (χ1n) is 4.97. The van der Waals surface area contributed by atoms with Crippen LogP contribution in [0.5, 0.6) is 0 Å². The first-order valence-corrected chi connectivity index (χ1v) is 4.97. The van der Waals surface area contributed by atoms with Crippen LogP contribution in [0, 0.1) is 0 Å². The van der Waals surface area contributed by atoms with Crippen LogP contribution in [-0.2, 0) is 14.3 Å². The zero-order valence-corrected chi connectivity index (χ0v) is 9.74. The average molecular weight is 217 g/mol. The van der Waals surface area contributed by atoms with Gasteiger partial charge in [0.1, 0.15) is 12.1 Å². The van der Waals surface area contributed by atoms with Gasteiger partial charge in [-0.05, 0) is 20.3 Å². The Morgan fingerprint density at radius 1 is 1.40 bits per heavy atom. The maximum atomic E-state index is 11.9. The normalized spacial score (nSPS) is 14.4. The molecule has 15 heavy (non-hydrogen) atoms. The van der Waals surface area contributed by atoms with E-state index >= 15 is 0 Å². The lowest BCUT2D eigenvalue weighted by Crippen LogP contribution is -2.49. The number of nitrogens with zero attached hydrogens (tertiary/aromatic N) is 1. The lowest BCUT2D eigenvalue weighted by atomic mass is 10.0. The van der Waals surface area contributed by atoms with E-state index in [-0.39, 0.29) is 12.5 Å².